The van der Waals surface area contributed by atoms with Crippen molar-refractivity contribution in [2.24, 2.45) is 0 Å². The minimum Gasteiger partial charge on any atom is -0.356 e. The van der Waals surface area contributed by atoms with Crippen molar-refractivity contribution >= 4 is 6.03 Å². The first-order valence-electron chi connectivity index (χ1n) is 9.66. The Morgan fingerprint density at radius 3 is 2.57 bits per heavy atom. The molecule has 3 rings (SSSR count). The number of hydrogen-bond donors (Lipinski definition) is 1. The molecule has 0 saturated carbocycles. The van der Waals surface area contributed by atoms with Crippen molar-refractivity contribution in [3.05, 3.63) is 77.0 Å². The number of nitrogens with zero attached hydrogens (tertiary/aromatic N) is 2. The molecule has 0 saturated heterocycles. The zero-order valence-electron chi connectivity index (χ0n) is 16.7. The molecule has 0 aliphatic rings. The van der Waals surface area contributed by atoms with Crippen molar-refractivity contribution in [3.8, 4) is 11.3 Å². The molecule has 1 heterocycles. The standard InChI is InChI=1S/C23H27N3O2/c1-4-12-24-23(27)26(15-19-8-6-5-7-9-19)16-20-14-22(28-25-20)21-11-10-17(2)13-18(21)3/h5-11,13-14H,4,12,15-16H2,1-3H3,(H,24,27). The molecule has 0 unspecified atom stereocenters. The molecule has 2 aromatic carbocycles. The van der Waals surface area contributed by atoms with E-state index in [9.17, 15) is 4.79 Å². The summed E-state index contributed by atoms with van der Waals surface area (Å²) in [5, 5.41) is 7.16. The van der Waals surface area contributed by atoms with Crippen molar-refractivity contribution in [2.75, 3.05) is 6.54 Å². The fourth-order valence-corrected chi connectivity index (χ4v) is 3.15. The van der Waals surface area contributed by atoms with E-state index in [1.54, 1.807) is 4.90 Å². The van der Waals surface area contributed by atoms with E-state index in [0.717, 1.165) is 34.6 Å². The molecular formula is C23H27N3O2. The molecular weight excluding hydrogens is 350 g/mol. The lowest BCUT2D eigenvalue weighted by molar-refractivity contribution is 0.190. The lowest BCUT2D eigenvalue weighted by Gasteiger charge is -2.22. The van der Waals surface area contributed by atoms with Gasteiger partial charge in [-0.05, 0) is 31.4 Å². The molecule has 0 aliphatic heterocycles. The number of aryl methyl sites for hydroxylation is 2. The van der Waals surface area contributed by atoms with Gasteiger partial charge in [0.1, 0.15) is 5.69 Å². The third kappa shape index (κ3) is 5.00. The summed E-state index contributed by atoms with van der Waals surface area (Å²) in [5.41, 5.74) is 5.19. The van der Waals surface area contributed by atoms with Gasteiger partial charge in [0.25, 0.3) is 0 Å². The van der Waals surface area contributed by atoms with Gasteiger partial charge in [0.2, 0.25) is 0 Å². The van der Waals surface area contributed by atoms with E-state index in [0.29, 0.717) is 19.6 Å². The summed E-state index contributed by atoms with van der Waals surface area (Å²) < 4.78 is 5.58. The zero-order valence-corrected chi connectivity index (χ0v) is 16.7. The number of amides is 2. The maximum atomic E-state index is 12.6. The molecule has 5 nitrogen and oxygen atoms in total. The Balaban J connectivity index is 1.78. The lowest BCUT2D eigenvalue weighted by Crippen LogP contribution is -2.39. The number of hydrogen-bond acceptors (Lipinski definition) is 3. The van der Waals surface area contributed by atoms with E-state index in [4.69, 9.17) is 4.52 Å². The van der Waals surface area contributed by atoms with Crippen LogP contribution in [0.4, 0.5) is 4.79 Å². The number of nitrogens with one attached hydrogen (secondary N) is 1. The molecule has 146 valence electrons. The van der Waals surface area contributed by atoms with Crippen LogP contribution in [0.3, 0.4) is 0 Å². The molecule has 28 heavy (non-hydrogen) atoms. The molecule has 1 N–H and O–H groups in total. The third-order valence-corrected chi connectivity index (χ3v) is 4.59. The maximum absolute atomic E-state index is 12.6. The zero-order chi connectivity index (χ0) is 19.9. The van der Waals surface area contributed by atoms with Gasteiger partial charge in [-0.2, -0.15) is 0 Å². The van der Waals surface area contributed by atoms with Crippen LogP contribution in [0.1, 0.15) is 35.7 Å². The maximum Gasteiger partial charge on any atom is 0.318 e. The van der Waals surface area contributed by atoms with Gasteiger partial charge in [-0.15, -0.1) is 0 Å². The van der Waals surface area contributed by atoms with Crippen LogP contribution >= 0.6 is 0 Å². The van der Waals surface area contributed by atoms with Gasteiger partial charge >= 0.3 is 6.03 Å². The third-order valence-electron chi connectivity index (χ3n) is 4.59. The van der Waals surface area contributed by atoms with Crippen molar-refractivity contribution in [1.82, 2.24) is 15.4 Å². The smallest absolute Gasteiger partial charge is 0.318 e. The molecule has 0 fully saturated rings. The fraction of sp³-hybridized carbons (Fsp3) is 0.304. The van der Waals surface area contributed by atoms with Crippen molar-refractivity contribution in [2.45, 2.75) is 40.3 Å². The number of aromatic nitrogens is 1. The number of urea groups is 1. The molecule has 1 aromatic heterocycles. The normalized spacial score (nSPS) is 10.7. The van der Waals surface area contributed by atoms with Crippen molar-refractivity contribution in [3.63, 3.8) is 0 Å². The van der Waals surface area contributed by atoms with Crippen LogP contribution in [0.2, 0.25) is 0 Å². The molecule has 0 aliphatic carbocycles. The highest BCUT2D eigenvalue weighted by Gasteiger charge is 2.17. The van der Waals surface area contributed by atoms with E-state index in [2.05, 4.69) is 36.5 Å². The van der Waals surface area contributed by atoms with Crippen LogP contribution in [0.5, 0.6) is 0 Å². The molecule has 3 aromatic rings. The first-order valence-corrected chi connectivity index (χ1v) is 9.66. The highest BCUT2D eigenvalue weighted by Crippen LogP contribution is 2.25. The van der Waals surface area contributed by atoms with E-state index in [1.807, 2.05) is 49.4 Å². The topological polar surface area (TPSA) is 58.4 Å². The van der Waals surface area contributed by atoms with Gasteiger partial charge in [0.05, 0.1) is 6.54 Å². The van der Waals surface area contributed by atoms with Crippen molar-refractivity contribution < 1.29 is 9.32 Å². The van der Waals surface area contributed by atoms with E-state index in [-0.39, 0.29) is 6.03 Å². The Labute approximate surface area is 166 Å². The van der Waals surface area contributed by atoms with Crippen LogP contribution in [0.15, 0.2) is 59.1 Å². The summed E-state index contributed by atoms with van der Waals surface area (Å²) in [6, 6.07) is 18.0. The molecule has 0 atom stereocenters. The van der Waals surface area contributed by atoms with E-state index >= 15 is 0 Å². The first kappa shape index (κ1) is 19.7. The Morgan fingerprint density at radius 2 is 1.86 bits per heavy atom. The largest absolute Gasteiger partial charge is 0.356 e. The summed E-state index contributed by atoms with van der Waals surface area (Å²) in [5.74, 6) is 0.723. The molecule has 2 amide bonds. The van der Waals surface area contributed by atoms with Crippen LogP contribution in [-0.4, -0.2) is 22.6 Å². The highest BCUT2D eigenvalue weighted by atomic mass is 16.5. The molecule has 0 radical (unpaired) electrons. The first-order chi connectivity index (χ1) is 13.6. The predicted octanol–water partition coefficient (Wildman–Crippen LogP) is 5.08. The lowest BCUT2D eigenvalue weighted by atomic mass is 10.0. The van der Waals surface area contributed by atoms with Gasteiger partial charge in [-0.1, -0.05) is 66.2 Å². The van der Waals surface area contributed by atoms with Crippen LogP contribution < -0.4 is 5.32 Å². The monoisotopic (exact) mass is 377 g/mol. The van der Waals surface area contributed by atoms with Gasteiger partial charge in [-0.25, -0.2) is 4.79 Å². The Bertz CT molecular complexity index is 919. The Morgan fingerprint density at radius 1 is 1.07 bits per heavy atom. The van der Waals surface area contributed by atoms with Gasteiger partial charge < -0.3 is 14.7 Å². The van der Waals surface area contributed by atoms with Crippen LogP contribution in [-0.2, 0) is 13.1 Å². The summed E-state index contributed by atoms with van der Waals surface area (Å²) >= 11 is 0. The second-order valence-electron chi connectivity index (χ2n) is 7.07. The Hall–Kier alpha value is -3.08. The predicted molar refractivity (Wildman–Crippen MR) is 111 cm³/mol. The highest BCUT2D eigenvalue weighted by molar-refractivity contribution is 5.74. The summed E-state index contributed by atoms with van der Waals surface area (Å²) in [6.07, 6.45) is 0.895. The number of carbonyl (C=O) groups is 1. The SMILES string of the molecule is CCCNC(=O)N(Cc1ccccc1)Cc1cc(-c2ccc(C)cc2C)on1. The van der Waals surface area contributed by atoms with Crippen molar-refractivity contribution in [1.29, 1.82) is 0 Å². The summed E-state index contributed by atoms with van der Waals surface area (Å²) in [7, 11) is 0. The van der Waals surface area contributed by atoms with E-state index in [1.165, 1.54) is 5.56 Å². The summed E-state index contributed by atoms with van der Waals surface area (Å²) in [6.45, 7) is 7.72. The molecule has 0 spiro atoms. The minimum absolute atomic E-state index is 0.0956. The number of carbonyl (C=O) groups excluding carboxylic acids is 1. The van der Waals surface area contributed by atoms with Gasteiger partial charge in [-0.3, -0.25) is 0 Å². The van der Waals surface area contributed by atoms with Gasteiger partial charge in [0, 0.05) is 24.7 Å². The number of benzene rings is 2. The van der Waals surface area contributed by atoms with Crippen LogP contribution in [0.25, 0.3) is 11.3 Å². The second-order valence-corrected chi connectivity index (χ2v) is 7.07. The number of rotatable bonds is 7. The minimum atomic E-state index is -0.0956. The molecule has 5 heteroatoms. The quantitative estimate of drug-likeness (QED) is 0.625. The van der Waals surface area contributed by atoms with Gasteiger partial charge in [0.15, 0.2) is 5.76 Å². The second kappa shape index (κ2) is 9.22. The Kier molecular flexibility index (Phi) is 6.48. The fourth-order valence-electron chi connectivity index (χ4n) is 3.15. The molecule has 0 bridgehead atoms. The van der Waals surface area contributed by atoms with Crippen LogP contribution in [0, 0.1) is 13.8 Å². The summed E-state index contributed by atoms with van der Waals surface area (Å²) in [4.78, 5) is 14.4. The van der Waals surface area contributed by atoms with E-state index < -0.39 is 0 Å². The average molecular weight is 377 g/mol. The average Bonchev–Trinajstić information content (AvgIpc) is 3.14.